The molecule has 2 nitrogen and oxygen atoms in total. The number of nitrogen functional groups attached to an aromatic ring is 1. The molecule has 0 saturated heterocycles. The van der Waals surface area contributed by atoms with Gasteiger partial charge < -0.3 is 10.8 Å². The Morgan fingerprint density at radius 2 is 1.92 bits per heavy atom. The van der Waals surface area contributed by atoms with E-state index in [0.29, 0.717) is 11.6 Å². The van der Waals surface area contributed by atoms with Crippen LogP contribution in [0.4, 0.5) is 5.69 Å². The first-order chi connectivity index (χ1) is 5.52. The number of aromatic hydroxyl groups is 1. The van der Waals surface area contributed by atoms with E-state index in [-0.39, 0.29) is 5.75 Å². The third-order valence-electron chi connectivity index (χ3n) is 2.04. The summed E-state index contributed by atoms with van der Waals surface area (Å²) >= 11 is 0. The maximum Gasteiger partial charge on any atom is 0.138 e. The van der Waals surface area contributed by atoms with Gasteiger partial charge in [-0.2, -0.15) is 0 Å². The fourth-order valence-corrected chi connectivity index (χ4v) is 1.35. The molecule has 12 heavy (non-hydrogen) atoms. The summed E-state index contributed by atoms with van der Waals surface area (Å²) in [6.07, 6.45) is 0. The first-order valence-electron chi connectivity index (χ1n) is 4.11. The molecule has 0 atom stereocenters. The van der Waals surface area contributed by atoms with Gasteiger partial charge in [0.05, 0.1) is 5.69 Å². The van der Waals surface area contributed by atoms with Crippen molar-refractivity contribution in [1.29, 1.82) is 0 Å². The summed E-state index contributed by atoms with van der Waals surface area (Å²) in [5.74, 6) is 0.629. The van der Waals surface area contributed by atoms with E-state index in [1.807, 2.05) is 13.0 Å². The quantitative estimate of drug-likeness (QED) is 0.496. The molecule has 0 aliphatic carbocycles. The van der Waals surface area contributed by atoms with Gasteiger partial charge in [0.2, 0.25) is 0 Å². The van der Waals surface area contributed by atoms with Crippen molar-refractivity contribution in [1.82, 2.24) is 0 Å². The van der Waals surface area contributed by atoms with Crippen LogP contribution in [0, 0.1) is 6.92 Å². The Bertz CT molecular complexity index is 292. The van der Waals surface area contributed by atoms with E-state index in [4.69, 9.17) is 5.73 Å². The highest BCUT2D eigenvalue weighted by atomic mass is 16.3. The SMILES string of the molecule is Cc1cc(O)c(N)cc1C(C)C. The lowest BCUT2D eigenvalue weighted by atomic mass is 9.97. The number of aryl methyl sites for hydroxylation is 1. The number of hydrogen-bond donors (Lipinski definition) is 2. The van der Waals surface area contributed by atoms with Gasteiger partial charge >= 0.3 is 0 Å². The minimum Gasteiger partial charge on any atom is -0.506 e. The molecule has 1 aromatic carbocycles. The van der Waals surface area contributed by atoms with Crippen LogP contribution in [0.15, 0.2) is 12.1 Å². The monoisotopic (exact) mass is 165 g/mol. The van der Waals surface area contributed by atoms with Crippen LogP contribution in [0.3, 0.4) is 0 Å². The zero-order valence-electron chi connectivity index (χ0n) is 7.76. The third-order valence-corrected chi connectivity index (χ3v) is 2.04. The second-order valence-electron chi connectivity index (χ2n) is 3.42. The number of hydrogen-bond acceptors (Lipinski definition) is 2. The first kappa shape index (κ1) is 8.91. The van der Waals surface area contributed by atoms with Gasteiger partial charge in [0.1, 0.15) is 5.75 Å². The van der Waals surface area contributed by atoms with Gasteiger partial charge in [0.25, 0.3) is 0 Å². The Balaban J connectivity index is 3.23. The second kappa shape index (κ2) is 3.05. The number of phenols is 1. The van der Waals surface area contributed by atoms with Crippen molar-refractivity contribution in [2.24, 2.45) is 0 Å². The Morgan fingerprint density at radius 1 is 1.33 bits per heavy atom. The zero-order chi connectivity index (χ0) is 9.30. The molecule has 1 rings (SSSR count). The molecule has 0 aliphatic rings. The number of phenolic OH excluding ortho intramolecular Hbond substituents is 1. The molecule has 1 aromatic rings. The smallest absolute Gasteiger partial charge is 0.138 e. The van der Waals surface area contributed by atoms with Gasteiger partial charge in [-0.1, -0.05) is 13.8 Å². The van der Waals surface area contributed by atoms with Gasteiger partial charge in [-0.15, -0.1) is 0 Å². The fraction of sp³-hybridized carbons (Fsp3) is 0.400. The summed E-state index contributed by atoms with van der Waals surface area (Å²) in [7, 11) is 0. The summed E-state index contributed by atoms with van der Waals surface area (Å²) in [4.78, 5) is 0. The molecule has 0 amide bonds. The molecule has 3 N–H and O–H groups in total. The lowest BCUT2D eigenvalue weighted by Crippen LogP contribution is -1.95. The van der Waals surface area contributed by atoms with Gasteiger partial charge in [0.15, 0.2) is 0 Å². The van der Waals surface area contributed by atoms with Crippen molar-refractivity contribution in [3.8, 4) is 5.75 Å². The molecule has 0 fully saturated rings. The summed E-state index contributed by atoms with van der Waals surface area (Å²) in [5, 5.41) is 9.28. The zero-order valence-corrected chi connectivity index (χ0v) is 7.76. The highest BCUT2D eigenvalue weighted by molar-refractivity contribution is 5.56. The van der Waals surface area contributed by atoms with Crippen LogP contribution in [0.1, 0.15) is 30.9 Å². The van der Waals surface area contributed by atoms with E-state index in [0.717, 1.165) is 5.56 Å². The van der Waals surface area contributed by atoms with Crippen LogP contribution in [0.25, 0.3) is 0 Å². The highest BCUT2D eigenvalue weighted by Crippen LogP contribution is 2.28. The molecule has 0 bridgehead atoms. The lowest BCUT2D eigenvalue weighted by molar-refractivity contribution is 0.477. The van der Waals surface area contributed by atoms with Crippen LogP contribution in [0.5, 0.6) is 5.75 Å². The van der Waals surface area contributed by atoms with E-state index < -0.39 is 0 Å². The van der Waals surface area contributed by atoms with Crippen molar-refractivity contribution in [2.45, 2.75) is 26.7 Å². The van der Waals surface area contributed by atoms with E-state index in [1.165, 1.54) is 5.56 Å². The predicted molar refractivity (Wildman–Crippen MR) is 51.3 cm³/mol. The summed E-state index contributed by atoms with van der Waals surface area (Å²) in [6, 6.07) is 3.56. The van der Waals surface area contributed by atoms with Gasteiger partial charge in [-0.25, -0.2) is 0 Å². The van der Waals surface area contributed by atoms with Crippen molar-refractivity contribution in [3.05, 3.63) is 23.3 Å². The van der Waals surface area contributed by atoms with Gasteiger partial charge in [-0.3, -0.25) is 0 Å². The minimum atomic E-state index is 0.178. The molecule has 0 aromatic heterocycles. The van der Waals surface area contributed by atoms with Crippen molar-refractivity contribution >= 4 is 5.69 Å². The maximum absolute atomic E-state index is 9.28. The molecular formula is C10H15NO. The van der Waals surface area contributed by atoms with E-state index in [1.54, 1.807) is 6.07 Å². The van der Waals surface area contributed by atoms with Gasteiger partial charge in [0, 0.05) is 0 Å². The number of benzene rings is 1. The number of rotatable bonds is 1. The van der Waals surface area contributed by atoms with Crippen molar-refractivity contribution < 1.29 is 5.11 Å². The first-order valence-corrected chi connectivity index (χ1v) is 4.11. The summed E-state index contributed by atoms with van der Waals surface area (Å²) in [5.41, 5.74) is 8.33. The Kier molecular flexibility index (Phi) is 2.27. The largest absolute Gasteiger partial charge is 0.506 e. The molecule has 0 saturated carbocycles. The van der Waals surface area contributed by atoms with Crippen LogP contribution in [0.2, 0.25) is 0 Å². The number of nitrogens with two attached hydrogens (primary N) is 1. The van der Waals surface area contributed by atoms with Crippen molar-refractivity contribution in [3.63, 3.8) is 0 Å². The fourth-order valence-electron chi connectivity index (χ4n) is 1.35. The second-order valence-corrected chi connectivity index (χ2v) is 3.42. The van der Waals surface area contributed by atoms with Crippen LogP contribution < -0.4 is 5.73 Å². The normalized spacial score (nSPS) is 10.7. The Hall–Kier alpha value is -1.18. The van der Waals surface area contributed by atoms with Crippen molar-refractivity contribution in [2.75, 3.05) is 5.73 Å². The van der Waals surface area contributed by atoms with Crippen LogP contribution in [-0.2, 0) is 0 Å². The van der Waals surface area contributed by atoms with E-state index >= 15 is 0 Å². The highest BCUT2D eigenvalue weighted by Gasteiger charge is 2.06. The van der Waals surface area contributed by atoms with Gasteiger partial charge in [-0.05, 0) is 36.1 Å². The molecule has 0 radical (unpaired) electrons. The molecule has 0 unspecified atom stereocenters. The third kappa shape index (κ3) is 1.52. The predicted octanol–water partition coefficient (Wildman–Crippen LogP) is 2.41. The standard InChI is InChI=1S/C10H15NO/c1-6(2)8-5-9(11)10(12)4-7(8)3/h4-6,12H,11H2,1-3H3. The van der Waals surface area contributed by atoms with E-state index in [2.05, 4.69) is 13.8 Å². The minimum absolute atomic E-state index is 0.178. The van der Waals surface area contributed by atoms with E-state index in [9.17, 15) is 5.11 Å². The summed E-state index contributed by atoms with van der Waals surface area (Å²) in [6.45, 7) is 6.20. The lowest BCUT2D eigenvalue weighted by Gasteiger charge is -2.11. The Labute approximate surface area is 73.0 Å². The number of anilines is 1. The average molecular weight is 165 g/mol. The molecule has 0 heterocycles. The molecule has 2 heteroatoms. The summed E-state index contributed by atoms with van der Waals surface area (Å²) < 4.78 is 0. The molecule has 66 valence electrons. The maximum atomic E-state index is 9.28. The van der Waals surface area contributed by atoms with Crippen LogP contribution >= 0.6 is 0 Å². The van der Waals surface area contributed by atoms with Crippen LogP contribution in [-0.4, -0.2) is 5.11 Å². The molecule has 0 spiro atoms. The molecular weight excluding hydrogens is 150 g/mol. The topological polar surface area (TPSA) is 46.2 Å². The average Bonchev–Trinajstić information content (AvgIpc) is 1.96. The Morgan fingerprint density at radius 3 is 2.42 bits per heavy atom. The molecule has 0 aliphatic heterocycles.